The zero-order chi connectivity index (χ0) is 13.2. The van der Waals surface area contributed by atoms with Crippen LogP contribution in [0.5, 0.6) is 0 Å². The van der Waals surface area contributed by atoms with E-state index in [0.717, 1.165) is 25.1 Å². The molecule has 2 rings (SSSR count). The molecular weight excluding hydrogens is 246 g/mol. The molecule has 0 aliphatic carbocycles. The summed E-state index contributed by atoms with van der Waals surface area (Å²) < 4.78 is 0. The number of nitrogens with zero attached hydrogens (tertiary/aromatic N) is 1. The molecule has 18 heavy (non-hydrogen) atoms. The highest BCUT2D eigenvalue weighted by Gasteiger charge is 2.16. The summed E-state index contributed by atoms with van der Waals surface area (Å²) in [6.07, 6.45) is 5.76. The molecule has 0 radical (unpaired) electrons. The fraction of sp³-hybridized carbons (Fsp3) is 0.533. The van der Waals surface area contributed by atoms with Gasteiger partial charge in [0.1, 0.15) is 6.29 Å². The van der Waals surface area contributed by atoms with Crippen LogP contribution in [0.3, 0.4) is 0 Å². The van der Waals surface area contributed by atoms with Crippen LogP contribution in [-0.4, -0.2) is 25.3 Å². The van der Waals surface area contributed by atoms with Gasteiger partial charge in [0.15, 0.2) is 0 Å². The molecule has 1 aliphatic rings. The maximum atomic E-state index is 10.3. The van der Waals surface area contributed by atoms with Crippen LogP contribution < -0.4 is 4.90 Å². The third-order valence-electron chi connectivity index (χ3n) is 3.02. The van der Waals surface area contributed by atoms with Crippen LogP contribution in [-0.2, 0) is 11.2 Å². The number of para-hydroxylation sites is 1. The second-order valence-electron chi connectivity index (χ2n) is 4.39. The smallest absolute Gasteiger partial charge is 0.139 e. The normalized spacial score (nSPS) is 12.7. The topological polar surface area (TPSA) is 20.3 Å². The number of unbranched alkanes of at least 4 members (excludes halogenated alkanes) is 2. The van der Waals surface area contributed by atoms with Gasteiger partial charge in [0.2, 0.25) is 0 Å². The summed E-state index contributed by atoms with van der Waals surface area (Å²) in [5.74, 6) is 0.827. The zero-order valence-electron chi connectivity index (χ0n) is 11.1. The molecule has 0 fully saturated rings. The van der Waals surface area contributed by atoms with Gasteiger partial charge in [-0.3, -0.25) is 0 Å². The predicted molar refractivity (Wildman–Crippen MR) is 78.7 cm³/mol. The van der Waals surface area contributed by atoms with Gasteiger partial charge < -0.3 is 9.69 Å². The Morgan fingerprint density at radius 1 is 1.33 bits per heavy atom. The Labute approximate surface area is 115 Å². The largest absolute Gasteiger partial charge is 0.364 e. The molecule has 1 aromatic carbocycles. The van der Waals surface area contributed by atoms with E-state index in [4.69, 9.17) is 11.6 Å². The quantitative estimate of drug-likeness (QED) is 0.461. The maximum Gasteiger partial charge on any atom is 0.139 e. The maximum absolute atomic E-state index is 10.3. The van der Waals surface area contributed by atoms with Crippen molar-refractivity contribution in [1.29, 1.82) is 0 Å². The minimum atomic E-state index is 0.525. The summed E-state index contributed by atoms with van der Waals surface area (Å²) in [6, 6.07) is 8.26. The Morgan fingerprint density at radius 3 is 2.72 bits per heavy atom. The minimum Gasteiger partial charge on any atom is -0.364 e. The van der Waals surface area contributed by atoms with Crippen molar-refractivity contribution in [1.82, 2.24) is 0 Å². The molecule has 0 aromatic heterocycles. The number of fused-ring (bicyclic) bond motifs is 1. The third kappa shape index (κ3) is 4.69. The standard InChI is InChI=1S/C10H11NO.C5H11Cl/c12-8-7-11-6-5-9-3-1-2-4-10(9)11;1-2-3-4-5-6/h1-4,8H,5-7H2;2-5H2,1H3. The lowest BCUT2D eigenvalue weighted by atomic mass is 10.2. The average Bonchev–Trinajstić information content (AvgIpc) is 2.81. The number of anilines is 1. The fourth-order valence-electron chi connectivity index (χ4n) is 2.03. The number of benzene rings is 1. The van der Waals surface area contributed by atoms with Gasteiger partial charge in [-0.25, -0.2) is 0 Å². The van der Waals surface area contributed by atoms with E-state index in [9.17, 15) is 4.79 Å². The number of hydrogen-bond donors (Lipinski definition) is 0. The number of halogens is 1. The van der Waals surface area contributed by atoms with Gasteiger partial charge in [-0.05, 0) is 24.5 Å². The van der Waals surface area contributed by atoms with E-state index in [1.54, 1.807) is 0 Å². The van der Waals surface area contributed by atoms with Crippen molar-refractivity contribution in [3.8, 4) is 0 Å². The zero-order valence-corrected chi connectivity index (χ0v) is 11.8. The molecule has 0 atom stereocenters. The molecular formula is C15H22ClNO. The number of carbonyl (C=O) groups is 1. The van der Waals surface area contributed by atoms with Crippen LogP contribution in [0.2, 0.25) is 0 Å². The number of hydrogen-bond acceptors (Lipinski definition) is 2. The molecule has 0 spiro atoms. The van der Waals surface area contributed by atoms with E-state index >= 15 is 0 Å². The second kappa shape index (κ2) is 8.98. The van der Waals surface area contributed by atoms with Gasteiger partial charge in [0.25, 0.3) is 0 Å². The summed E-state index contributed by atoms with van der Waals surface area (Å²) in [6.45, 7) is 3.68. The highest BCUT2D eigenvalue weighted by molar-refractivity contribution is 6.17. The van der Waals surface area contributed by atoms with Gasteiger partial charge in [0, 0.05) is 18.1 Å². The van der Waals surface area contributed by atoms with Gasteiger partial charge >= 0.3 is 0 Å². The molecule has 3 heteroatoms. The molecule has 1 aromatic rings. The Balaban J connectivity index is 0.000000232. The van der Waals surface area contributed by atoms with Crippen LogP contribution in [0, 0.1) is 0 Å². The van der Waals surface area contributed by atoms with Crippen molar-refractivity contribution >= 4 is 23.6 Å². The van der Waals surface area contributed by atoms with Crippen molar-refractivity contribution in [2.45, 2.75) is 32.6 Å². The van der Waals surface area contributed by atoms with E-state index in [1.165, 1.54) is 30.5 Å². The number of rotatable bonds is 5. The molecule has 2 nitrogen and oxygen atoms in total. The summed E-state index contributed by atoms with van der Waals surface area (Å²) in [7, 11) is 0. The van der Waals surface area contributed by atoms with Gasteiger partial charge in [-0.1, -0.05) is 38.0 Å². The van der Waals surface area contributed by atoms with Crippen molar-refractivity contribution in [2.24, 2.45) is 0 Å². The van der Waals surface area contributed by atoms with E-state index in [1.807, 2.05) is 12.1 Å². The van der Waals surface area contributed by atoms with Gasteiger partial charge in [-0.15, -0.1) is 11.6 Å². The van der Waals surface area contributed by atoms with Crippen LogP contribution in [0.1, 0.15) is 31.7 Å². The monoisotopic (exact) mass is 267 g/mol. The van der Waals surface area contributed by atoms with Gasteiger partial charge in [-0.2, -0.15) is 0 Å². The van der Waals surface area contributed by atoms with Crippen molar-refractivity contribution in [3.05, 3.63) is 29.8 Å². The first-order valence-electron chi connectivity index (χ1n) is 6.66. The summed E-state index contributed by atoms with van der Waals surface area (Å²) in [5, 5.41) is 0. The van der Waals surface area contributed by atoms with Crippen LogP contribution in [0.15, 0.2) is 24.3 Å². The van der Waals surface area contributed by atoms with Crippen molar-refractivity contribution in [2.75, 3.05) is 23.9 Å². The molecule has 0 saturated heterocycles. The molecule has 0 saturated carbocycles. The molecule has 1 aliphatic heterocycles. The summed E-state index contributed by atoms with van der Waals surface area (Å²) >= 11 is 5.38. The summed E-state index contributed by atoms with van der Waals surface area (Å²) in [4.78, 5) is 12.4. The Kier molecular flexibility index (Phi) is 7.51. The molecule has 0 amide bonds. The lowest BCUT2D eigenvalue weighted by Crippen LogP contribution is -2.22. The molecule has 1 heterocycles. The number of aldehydes is 1. The highest BCUT2D eigenvalue weighted by Crippen LogP contribution is 2.26. The fourth-order valence-corrected chi connectivity index (χ4v) is 2.22. The third-order valence-corrected chi connectivity index (χ3v) is 3.28. The van der Waals surface area contributed by atoms with E-state index in [2.05, 4.69) is 24.0 Å². The lowest BCUT2D eigenvalue weighted by Gasteiger charge is -2.14. The minimum absolute atomic E-state index is 0.525. The second-order valence-corrected chi connectivity index (χ2v) is 4.77. The van der Waals surface area contributed by atoms with Crippen LogP contribution >= 0.6 is 11.6 Å². The average molecular weight is 268 g/mol. The number of carbonyl (C=O) groups excluding carboxylic acids is 1. The first-order chi connectivity index (χ1) is 8.83. The SMILES string of the molecule is CCCCCCl.O=CCN1CCc2ccccc21. The van der Waals surface area contributed by atoms with E-state index < -0.39 is 0 Å². The Bertz CT molecular complexity index is 350. The van der Waals surface area contributed by atoms with E-state index in [0.29, 0.717) is 6.54 Å². The summed E-state index contributed by atoms with van der Waals surface area (Å²) in [5.41, 5.74) is 2.59. The van der Waals surface area contributed by atoms with Crippen LogP contribution in [0.25, 0.3) is 0 Å². The lowest BCUT2D eigenvalue weighted by molar-refractivity contribution is -0.106. The Morgan fingerprint density at radius 2 is 2.11 bits per heavy atom. The Hall–Kier alpha value is -1.02. The predicted octanol–water partition coefficient (Wildman–Crippen LogP) is 3.66. The number of alkyl halides is 1. The molecule has 0 N–H and O–H groups in total. The van der Waals surface area contributed by atoms with Crippen molar-refractivity contribution in [3.63, 3.8) is 0 Å². The molecule has 0 unspecified atom stereocenters. The van der Waals surface area contributed by atoms with Crippen molar-refractivity contribution < 1.29 is 4.79 Å². The van der Waals surface area contributed by atoms with Gasteiger partial charge in [0.05, 0.1) is 6.54 Å². The molecule has 100 valence electrons. The van der Waals surface area contributed by atoms with E-state index in [-0.39, 0.29) is 0 Å². The molecule has 0 bridgehead atoms. The van der Waals surface area contributed by atoms with Crippen LogP contribution in [0.4, 0.5) is 5.69 Å². The first-order valence-corrected chi connectivity index (χ1v) is 7.19. The first kappa shape index (κ1) is 15.0. The highest BCUT2D eigenvalue weighted by atomic mass is 35.5.